The Balaban J connectivity index is 1.57. The molecule has 2 aliphatic heterocycles. The van der Waals surface area contributed by atoms with Gasteiger partial charge in [-0.2, -0.15) is 0 Å². The standard InChI is InChI=1S/C23H31Cl2N3O3/c1-31-22(30)15-27-11-12-28(21(29)14-16-7-8-17(24)18(25)13-16)23-19(5-4-6-20(23)27)26-9-2-3-10-26/h7-8,13,19-20,23H,2-6,9-12,14-15H2,1H3/t19-,20-,23+/m0/s1. The lowest BCUT2D eigenvalue weighted by molar-refractivity contribution is -0.149. The monoisotopic (exact) mass is 467 g/mol. The van der Waals surface area contributed by atoms with Gasteiger partial charge in [0.1, 0.15) is 0 Å². The van der Waals surface area contributed by atoms with E-state index in [4.69, 9.17) is 27.9 Å². The van der Waals surface area contributed by atoms with Crippen molar-refractivity contribution in [2.45, 2.75) is 56.7 Å². The summed E-state index contributed by atoms with van der Waals surface area (Å²) in [5.74, 6) is -0.0881. The van der Waals surface area contributed by atoms with Gasteiger partial charge in [-0.05, 0) is 56.5 Å². The summed E-state index contributed by atoms with van der Waals surface area (Å²) in [6.07, 6.45) is 5.97. The number of rotatable bonds is 5. The van der Waals surface area contributed by atoms with Gasteiger partial charge in [0.05, 0.1) is 36.2 Å². The highest BCUT2D eigenvalue weighted by atomic mass is 35.5. The number of methoxy groups -OCH3 is 1. The van der Waals surface area contributed by atoms with E-state index in [1.165, 1.54) is 20.0 Å². The molecule has 170 valence electrons. The predicted octanol–water partition coefficient (Wildman–Crippen LogP) is 3.24. The first-order valence-corrected chi connectivity index (χ1v) is 12.0. The van der Waals surface area contributed by atoms with Crippen LogP contribution in [0.4, 0.5) is 0 Å². The minimum atomic E-state index is -0.211. The van der Waals surface area contributed by atoms with Crippen LogP contribution >= 0.6 is 23.2 Å². The number of ether oxygens (including phenoxy) is 1. The number of likely N-dealkylation sites (tertiary alicyclic amines) is 1. The molecule has 8 heteroatoms. The molecule has 0 N–H and O–H groups in total. The van der Waals surface area contributed by atoms with Crippen LogP contribution in [0.15, 0.2) is 18.2 Å². The molecule has 0 bridgehead atoms. The first kappa shape index (κ1) is 22.8. The van der Waals surface area contributed by atoms with E-state index >= 15 is 0 Å². The Labute approximate surface area is 194 Å². The molecule has 0 spiro atoms. The Kier molecular flexibility index (Phi) is 7.42. The third-order valence-electron chi connectivity index (χ3n) is 7.07. The molecule has 3 fully saturated rings. The van der Waals surface area contributed by atoms with Crippen LogP contribution in [-0.4, -0.2) is 84.5 Å². The Hall–Kier alpha value is -1.34. The predicted molar refractivity (Wildman–Crippen MR) is 121 cm³/mol. The SMILES string of the molecule is COC(=O)CN1CCN(C(=O)Cc2ccc(Cl)c(Cl)c2)[C@@H]2[C@@H](N3CCCC3)CCC[C@@H]21. The molecule has 2 heterocycles. The zero-order valence-electron chi connectivity index (χ0n) is 18.1. The molecule has 1 saturated carbocycles. The average molecular weight is 468 g/mol. The van der Waals surface area contributed by atoms with Gasteiger partial charge in [0.15, 0.2) is 0 Å². The molecular formula is C23H31Cl2N3O3. The largest absolute Gasteiger partial charge is 0.468 e. The molecule has 31 heavy (non-hydrogen) atoms. The lowest BCUT2D eigenvalue weighted by atomic mass is 9.81. The molecule has 1 aromatic rings. The summed E-state index contributed by atoms with van der Waals surface area (Å²) in [5.41, 5.74) is 0.876. The summed E-state index contributed by atoms with van der Waals surface area (Å²) in [7, 11) is 1.44. The maximum atomic E-state index is 13.5. The molecular weight excluding hydrogens is 437 g/mol. The van der Waals surface area contributed by atoms with Crippen molar-refractivity contribution in [1.29, 1.82) is 0 Å². The van der Waals surface area contributed by atoms with Crippen molar-refractivity contribution in [3.8, 4) is 0 Å². The second-order valence-electron chi connectivity index (χ2n) is 8.86. The molecule has 0 radical (unpaired) electrons. The zero-order valence-corrected chi connectivity index (χ0v) is 19.6. The van der Waals surface area contributed by atoms with E-state index in [0.717, 1.165) is 37.9 Å². The number of fused-ring (bicyclic) bond motifs is 1. The van der Waals surface area contributed by atoms with E-state index in [2.05, 4.69) is 14.7 Å². The molecule has 3 aliphatic rings. The molecule has 1 amide bonds. The lowest BCUT2D eigenvalue weighted by Crippen LogP contribution is -2.69. The van der Waals surface area contributed by atoms with Gasteiger partial charge in [-0.25, -0.2) is 0 Å². The smallest absolute Gasteiger partial charge is 0.319 e. The summed E-state index contributed by atoms with van der Waals surface area (Å²) in [6, 6.07) is 6.03. The second-order valence-corrected chi connectivity index (χ2v) is 9.67. The van der Waals surface area contributed by atoms with Crippen LogP contribution in [0.25, 0.3) is 0 Å². The number of nitrogens with zero attached hydrogens (tertiary/aromatic N) is 3. The topological polar surface area (TPSA) is 53.1 Å². The Bertz CT molecular complexity index is 815. The van der Waals surface area contributed by atoms with Crippen LogP contribution in [0.1, 0.15) is 37.7 Å². The van der Waals surface area contributed by atoms with Gasteiger partial charge < -0.3 is 9.64 Å². The van der Waals surface area contributed by atoms with Gasteiger partial charge in [-0.1, -0.05) is 35.7 Å². The van der Waals surface area contributed by atoms with Gasteiger partial charge in [-0.15, -0.1) is 0 Å². The van der Waals surface area contributed by atoms with Crippen molar-refractivity contribution in [2.24, 2.45) is 0 Å². The van der Waals surface area contributed by atoms with Crippen LogP contribution < -0.4 is 0 Å². The number of benzene rings is 1. The Morgan fingerprint density at radius 1 is 1.00 bits per heavy atom. The van der Waals surface area contributed by atoms with Crippen molar-refractivity contribution in [2.75, 3.05) is 39.8 Å². The summed E-state index contributed by atoms with van der Waals surface area (Å²) in [4.78, 5) is 32.4. The molecule has 1 aromatic carbocycles. The molecule has 0 unspecified atom stereocenters. The number of piperazine rings is 1. The maximum absolute atomic E-state index is 13.5. The van der Waals surface area contributed by atoms with Gasteiger partial charge in [-0.3, -0.25) is 19.4 Å². The Morgan fingerprint density at radius 2 is 1.74 bits per heavy atom. The molecule has 3 atom stereocenters. The van der Waals surface area contributed by atoms with E-state index < -0.39 is 0 Å². The van der Waals surface area contributed by atoms with Crippen LogP contribution in [0.5, 0.6) is 0 Å². The number of amides is 1. The van der Waals surface area contributed by atoms with Gasteiger partial charge in [0, 0.05) is 25.2 Å². The summed E-state index contributed by atoms with van der Waals surface area (Å²) in [6.45, 7) is 3.80. The van der Waals surface area contributed by atoms with Crippen LogP contribution in [-0.2, 0) is 20.7 Å². The minimum absolute atomic E-state index is 0.0977. The van der Waals surface area contributed by atoms with E-state index in [0.29, 0.717) is 42.1 Å². The van der Waals surface area contributed by atoms with Gasteiger partial charge in [0.25, 0.3) is 0 Å². The number of hydrogen-bond acceptors (Lipinski definition) is 5. The van der Waals surface area contributed by atoms with Crippen molar-refractivity contribution >= 4 is 35.1 Å². The molecule has 4 rings (SSSR count). The highest BCUT2D eigenvalue weighted by Crippen LogP contribution is 2.35. The maximum Gasteiger partial charge on any atom is 0.319 e. The summed E-state index contributed by atoms with van der Waals surface area (Å²) in [5, 5.41) is 0.969. The second kappa shape index (κ2) is 10.1. The summed E-state index contributed by atoms with van der Waals surface area (Å²) >= 11 is 12.2. The van der Waals surface area contributed by atoms with E-state index in [9.17, 15) is 9.59 Å². The number of esters is 1. The summed E-state index contributed by atoms with van der Waals surface area (Å²) < 4.78 is 4.94. The highest BCUT2D eigenvalue weighted by molar-refractivity contribution is 6.42. The highest BCUT2D eigenvalue weighted by Gasteiger charge is 2.47. The fraction of sp³-hybridized carbons (Fsp3) is 0.652. The van der Waals surface area contributed by atoms with E-state index in [1.54, 1.807) is 12.1 Å². The number of halogens is 2. The van der Waals surface area contributed by atoms with Crippen molar-refractivity contribution in [1.82, 2.24) is 14.7 Å². The normalized spacial score (nSPS) is 27.2. The van der Waals surface area contributed by atoms with E-state index in [-0.39, 0.29) is 24.0 Å². The van der Waals surface area contributed by atoms with Crippen molar-refractivity contribution in [3.63, 3.8) is 0 Å². The third kappa shape index (κ3) is 5.03. The fourth-order valence-corrected chi connectivity index (χ4v) is 5.94. The first-order valence-electron chi connectivity index (χ1n) is 11.3. The molecule has 6 nitrogen and oxygen atoms in total. The van der Waals surface area contributed by atoms with Crippen LogP contribution in [0.2, 0.25) is 10.0 Å². The van der Waals surface area contributed by atoms with Crippen molar-refractivity contribution < 1.29 is 14.3 Å². The molecule has 2 saturated heterocycles. The fourth-order valence-electron chi connectivity index (χ4n) is 5.61. The number of carbonyl (C=O) groups excluding carboxylic acids is 2. The van der Waals surface area contributed by atoms with Gasteiger partial charge in [0.2, 0.25) is 5.91 Å². The minimum Gasteiger partial charge on any atom is -0.468 e. The quantitative estimate of drug-likeness (QED) is 0.622. The van der Waals surface area contributed by atoms with Crippen LogP contribution in [0, 0.1) is 0 Å². The van der Waals surface area contributed by atoms with E-state index in [1.807, 2.05) is 6.07 Å². The first-order chi connectivity index (χ1) is 15.0. The van der Waals surface area contributed by atoms with Crippen molar-refractivity contribution in [3.05, 3.63) is 33.8 Å². The van der Waals surface area contributed by atoms with Gasteiger partial charge >= 0.3 is 5.97 Å². The molecule has 1 aliphatic carbocycles. The molecule has 0 aromatic heterocycles. The third-order valence-corrected chi connectivity index (χ3v) is 7.81. The number of hydrogen-bond donors (Lipinski definition) is 0. The Morgan fingerprint density at radius 3 is 2.45 bits per heavy atom. The zero-order chi connectivity index (χ0) is 22.0. The number of carbonyl (C=O) groups is 2. The van der Waals surface area contributed by atoms with Crippen LogP contribution in [0.3, 0.4) is 0 Å². The average Bonchev–Trinajstić information content (AvgIpc) is 3.30. The lowest BCUT2D eigenvalue weighted by Gasteiger charge is -2.54.